The molecule has 0 saturated heterocycles. The maximum absolute atomic E-state index is 11.6. The highest BCUT2D eigenvalue weighted by Gasteiger charge is 2.33. The highest BCUT2D eigenvalue weighted by atomic mass is 16.5. The van der Waals surface area contributed by atoms with Crippen molar-refractivity contribution in [1.29, 1.82) is 0 Å². The lowest BCUT2D eigenvalue weighted by molar-refractivity contribution is -0.129. The third kappa shape index (κ3) is 4.32. The zero-order chi connectivity index (χ0) is 13.5. The number of hydrogen-bond acceptors (Lipinski definition) is 3. The molecule has 0 radical (unpaired) electrons. The number of rotatable bonds is 6. The average Bonchev–Trinajstić information content (AvgIpc) is 2.36. The van der Waals surface area contributed by atoms with E-state index in [0.29, 0.717) is 18.4 Å². The number of ether oxygens (including phenoxy) is 1. The second-order valence-corrected chi connectivity index (χ2v) is 5.57. The fourth-order valence-corrected chi connectivity index (χ4v) is 2.93. The van der Waals surface area contributed by atoms with Crippen molar-refractivity contribution >= 4 is 5.91 Å². The van der Waals surface area contributed by atoms with Gasteiger partial charge in [0.15, 0.2) is 0 Å². The summed E-state index contributed by atoms with van der Waals surface area (Å²) in [5.41, 5.74) is 0. The van der Waals surface area contributed by atoms with Crippen molar-refractivity contribution in [3.8, 4) is 0 Å². The number of carbonyl (C=O) groups excluding carboxylic acids is 1. The van der Waals surface area contributed by atoms with Gasteiger partial charge in [-0.15, -0.1) is 0 Å². The topological polar surface area (TPSA) is 50.4 Å². The lowest BCUT2D eigenvalue weighted by Crippen LogP contribution is -2.38. The first kappa shape index (κ1) is 14.5. The van der Waals surface area contributed by atoms with Crippen LogP contribution in [0.25, 0.3) is 0 Å². The van der Waals surface area contributed by atoms with E-state index in [9.17, 15) is 4.79 Å². The van der Waals surface area contributed by atoms with Crippen molar-refractivity contribution in [1.82, 2.24) is 10.6 Å². The van der Waals surface area contributed by atoms with E-state index in [1.54, 1.807) is 0 Å². The Labute approximate surface area is 116 Å². The molecule has 4 heteroatoms. The summed E-state index contributed by atoms with van der Waals surface area (Å²) in [6, 6.07) is 0. The smallest absolute Gasteiger partial charge is 0.246 e. The van der Waals surface area contributed by atoms with Crippen molar-refractivity contribution < 1.29 is 9.53 Å². The van der Waals surface area contributed by atoms with Gasteiger partial charge in [0.05, 0.1) is 6.10 Å². The highest BCUT2D eigenvalue weighted by Crippen LogP contribution is 2.37. The third-order valence-corrected chi connectivity index (χ3v) is 4.16. The molecule has 3 unspecified atom stereocenters. The van der Waals surface area contributed by atoms with Gasteiger partial charge in [-0.2, -0.15) is 0 Å². The molecule has 0 spiro atoms. The van der Waals surface area contributed by atoms with E-state index >= 15 is 0 Å². The Morgan fingerprint density at radius 2 is 2.05 bits per heavy atom. The molecule has 1 amide bonds. The Morgan fingerprint density at radius 3 is 2.79 bits per heavy atom. The molecule has 0 aliphatic heterocycles. The molecule has 19 heavy (non-hydrogen) atoms. The summed E-state index contributed by atoms with van der Waals surface area (Å²) in [5, 5.41) is 5.85. The molecule has 1 fully saturated rings. The molecule has 4 nitrogen and oxygen atoms in total. The monoisotopic (exact) mass is 266 g/mol. The fraction of sp³-hybridized carbons (Fsp3) is 0.800. The second-order valence-electron chi connectivity index (χ2n) is 5.57. The van der Waals surface area contributed by atoms with E-state index in [1.165, 1.54) is 25.7 Å². The first-order valence-corrected chi connectivity index (χ1v) is 7.52. The maximum Gasteiger partial charge on any atom is 0.246 e. The molecule has 2 rings (SSSR count). The van der Waals surface area contributed by atoms with Gasteiger partial charge < -0.3 is 15.4 Å². The van der Waals surface area contributed by atoms with Crippen molar-refractivity contribution in [2.75, 3.05) is 26.7 Å². The summed E-state index contributed by atoms with van der Waals surface area (Å²) in [5.74, 6) is 1.24. The van der Waals surface area contributed by atoms with Gasteiger partial charge >= 0.3 is 0 Å². The molecule has 3 atom stereocenters. The van der Waals surface area contributed by atoms with Crippen molar-refractivity contribution in [3.05, 3.63) is 12.2 Å². The van der Waals surface area contributed by atoms with Crippen LogP contribution in [0.1, 0.15) is 32.1 Å². The summed E-state index contributed by atoms with van der Waals surface area (Å²) in [6.45, 7) is 1.66. The van der Waals surface area contributed by atoms with Crippen LogP contribution in [0.2, 0.25) is 0 Å². The molecular formula is C15H26N2O2. The second kappa shape index (κ2) is 7.65. The summed E-state index contributed by atoms with van der Waals surface area (Å²) in [7, 11) is 1.88. The number of likely N-dealkylation sites (N-methyl/N-ethyl adjacent to an activating group) is 1. The fourth-order valence-electron chi connectivity index (χ4n) is 2.93. The molecule has 0 aromatic rings. The Morgan fingerprint density at radius 1 is 1.21 bits per heavy atom. The van der Waals surface area contributed by atoms with Crippen LogP contribution in [-0.4, -0.2) is 38.8 Å². The minimum absolute atomic E-state index is 0.00263. The molecule has 108 valence electrons. The number of allylic oxidation sites excluding steroid dienone is 1. The van der Waals surface area contributed by atoms with Gasteiger partial charge in [0.2, 0.25) is 5.91 Å². The minimum atomic E-state index is -0.00263. The molecular weight excluding hydrogens is 240 g/mol. The van der Waals surface area contributed by atoms with E-state index in [0.717, 1.165) is 13.0 Å². The van der Waals surface area contributed by atoms with E-state index < -0.39 is 0 Å². The van der Waals surface area contributed by atoms with E-state index in [1.807, 2.05) is 7.05 Å². The minimum Gasteiger partial charge on any atom is -0.368 e. The van der Waals surface area contributed by atoms with Gasteiger partial charge in [0.1, 0.15) is 6.61 Å². The summed E-state index contributed by atoms with van der Waals surface area (Å²) < 4.78 is 5.86. The van der Waals surface area contributed by atoms with Crippen LogP contribution in [0, 0.1) is 11.8 Å². The largest absolute Gasteiger partial charge is 0.368 e. The van der Waals surface area contributed by atoms with Crippen LogP contribution >= 0.6 is 0 Å². The number of hydrogen-bond donors (Lipinski definition) is 2. The van der Waals surface area contributed by atoms with E-state index in [2.05, 4.69) is 22.8 Å². The highest BCUT2D eigenvalue weighted by molar-refractivity contribution is 5.77. The van der Waals surface area contributed by atoms with Crippen LogP contribution in [0.4, 0.5) is 0 Å². The molecule has 1 saturated carbocycles. The number of nitrogens with one attached hydrogen (secondary N) is 2. The summed E-state index contributed by atoms with van der Waals surface area (Å²) in [6.07, 6.45) is 11.0. The molecule has 2 N–H and O–H groups in total. The molecule has 2 aliphatic rings. The average molecular weight is 266 g/mol. The van der Waals surface area contributed by atoms with E-state index in [-0.39, 0.29) is 18.6 Å². The van der Waals surface area contributed by atoms with Crippen molar-refractivity contribution in [3.63, 3.8) is 0 Å². The lowest BCUT2D eigenvalue weighted by atomic mass is 9.73. The van der Waals surface area contributed by atoms with Crippen LogP contribution in [0.3, 0.4) is 0 Å². The number of carbonyl (C=O) groups is 1. The number of amides is 1. The van der Waals surface area contributed by atoms with Gasteiger partial charge in [0, 0.05) is 19.0 Å². The Balaban J connectivity index is 1.71. The lowest BCUT2D eigenvalue weighted by Gasteiger charge is -2.37. The summed E-state index contributed by atoms with van der Waals surface area (Å²) in [4.78, 5) is 11.6. The van der Waals surface area contributed by atoms with Gasteiger partial charge in [0.25, 0.3) is 0 Å². The molecule has 0 aromatic carbocycles. The van der Waals surface area contributed by atoms with Crippen LogP contribution < -0.4 is 10.6 Å². The molecule has 0 bridgehead atoms. The Kier molecular flexibility index (Phi) is 5.86. The molecule has 2 aliphatic carbocycles. The van der Waals surface area contributed by atoms with Gasteiger partial charge in [-0.25, -0.2) is 0 Å². The molecule has 0 aromatic heterocycles. The third-order valence-electron chi connectivity index (χ3n) is 4.16. The maximum atomic E-state index is 11.6. The predicted molar refractivity (Wildman–Crippen MR) is 75.9 cm³/mol. The van der Waals surface area contributed by atoms with Crippen molar-refractivity contribution in [2.45, 2.75) is 38.2 Å². The first-order chi connectivity index (χ1) is 9.31. The Hall–Kier alpha value is -0.870. The Bertz CT molecular complexity index is 317. The molecule has 0 heterocycles. The van der Waals surface area contributed by atoms with Gasteiger partial charge in [-0.05, 0) is 25.8 Å². The van der Waals surface area contributed by atoms with Crippen LogP contribution in [0.5, 0.6) is 0 Å². The predicted octanol–water partition coefficient (Wildman–Crippen LogP) is 1.47. The van der Waals surface area contributed by atoms with Crippen molar-refractivity contribution in [2.24, 2.45) is 11.8 Å². The standard InChI is InChI=1S/C15H26N2O2/c1-16-9-10-17-15(18)11-19-14-6-4-2-3-5-12-7-8-13(12)14/h7-8,12-14,16H,2-6,9-11H2,1H3,(H,17,18). The van der Waals surface area contributed by atoms with Gasteiger partial charge in [-0.3, -0.25) is 4.79 Å². The quantitative estimate of drug-likeness (QED) is 0.565. The zero-order valence-electron chi connectivity index (χ0n) is 11.9. The number of fused-ring (bicyclic) bond motifs is 1. The summed E-state index contributed by atoms with van der Waals surface area (Å²) >= 11 is 0. The van der Waals surface area contributed by atoms with Crippen LogP contribution in [-0.2, 0) is 9.53 Å². The van der Waals surface area contributed by atoms with Gasteiger partial charge in [-0.1, -0.05) is 31.4 Å². The normalized spacial score (nSPS) is 29.8. The van der Waals surface area contributed by atoms with E-state index in [4.69, 9.17) is 4.74 Å². The van der Waals surface area contributed by atoms with Crippen LogP contribution in [0.15, 0.2) is 12.2 Å². The zero-order valence-corrected chi connectivity index (χ0v) is 11.9. The first-order valence-electron chi connectivity index (χ1n) is 7.52. The SMILES string of the molecule is CNCCNC(=O)COC1CCCCCC2C=CC21.